The van der Waals surface area contributed by atoms with Crippen molar-refractivity contribution in [3.8, 4) is 17.2 Å². The molecule has 0 N–H and O–H groups in total. The van der Waals surface area contributed by atoms with Crippen molar-refractivity contribution in [2.24, 2.45) is 0 Å². The second-order valence-corrected chi connectivity index (χ2v) is 14.1. The van der Waals surface area contributed by atoms with Crippen LogP contribution in [0.15, 0.2) is 152 Å². The molecular weight excluding hydrogens is 846 g/mol. The predicted molar refractivity (Wildman–Crippen MR) is 213 cm³/mol. The maximum atomic E-state index is 6.55. The van der Waals surface area contributed by atoms with E-state index in [0.29, 0.717) is 11.5 Å². The first-order valence-corrected chi connectivity index (χ1v) is 17.8. The summed E-state index contributed by atoms with van der Waals surface area (Å²) in [4.78, 5) is 11.9. The number of nitrogens with zero attached hydrogens (tertiary/aromatic N) is 5. The predicted octanol–water partition coefficient (Wildman–Crippen LogP) is 11.6. The fourth-order valence-corrected chi connectivity index (χ4v) is 8.48. The fourth-order valence-electron chi connectivity index (χ4n) is 8.48. The molecule has 11 rings (SSSR count). The average molecular weight is 877 g/mol. The van der Waals surface area contributed by atoms with E-state index in [4.69, 9.17) is 14.7 Å². The molecule has 7 heteroatoms. The van der Waals surface area contributed by atoms with E-state index >= 15 is 0 Å². The minimum atomic E-state index is -0.196. The van der Waals surface area contributed by atoms with E-state index in [1.165, 1.54) is 27.4 Å². The van der Waals surface area contributed by atoms with E-state index in [2.05, 4.69) is 149 Å². The molecular formula is C47H31N5OPt. The molecule has 0 saturated heterocycles. The van der Waals surface area contributed by atoms with E-state index in [-0.39, 0.29) is 26.5 Å². The fraction of sp³-hybridized carbons (Fsp3) is 0.0638. The number of rotatable bonds is 4. The van der Waals surface area contributed by atoms with Gasteiger partial charge in [0.1, 0.15) is 5.82 Å². The van der Waals surface area contributed by atoms with Gasteiger partial charge in [-0.3, -0.25) is 4.98 Å². The number of pyridine rings is 2. The van der Waals surface area contributed by atoms with Gasteiger partial charge in [-0.25, -0.2) is 4.98 Å². The number of hydrogen-bond donors (Lipinski definition) is 0. The third-order valence-electron chi connectivity index (χ3n) is 10.8. The van der Waals surface area contributed by atoms with Gasteiger partial charge >= 0.3 is 21.1 Å². The van der Waals surface area contributed by atoms with E-state index in [1.54, 1.807) is 0 Å². The molecule has 260 valence electrons. The number of para-hydroxylation sites is 3. The summed E-state index contributed by atoms with van der Waals surface area (Å²) >= 11 is 0. The Kier molecular flexibility index (Phi) is 7.30. The Hall–Kier alpha value is -6.23. The summed E-state index contributed by atoms with van der Waals surface area (Å²) in [5.74, 6) is 2.08. The van der Waals surface area contributed by atoms with Crippen LogP contribution in [0.5, 0.6) is 11.5 Å². The molecule has 6 aromatic carbocycles. The van der Waals surface area contributed by atoms with Crippen LogP contribution >= 0.6 is 0 Å². The molecule has 1 aliphatic heterocycles. The molecule has 0 saturated carbocycles. The molecule has 0 bridgehead atoms. The first-order chi connectivity index (χ1) is 26.1. The molecule has 4 aromatic heterocycles. The van der Waals surface area contributed by atoms with Gasteiger partial charge in [0.2, 0.25) is 0 Å². The van der Waals surface area contributed by atoms with Crippen molar-refractivity contribution in [2.75, 3.05) is 4.90 Å². The van der Waals surface area contributed by atoms with Gasteiger partial charge < -0.3 is 18.6 Å². The van der Waals surface area contributed by atoms with E-state index in [1.807, 2.05) is 42.9 Å². The van der Waals surface area contributed by atoms with Crippen molar-refractivity contribution in [2.45, 2.75) is 19.3 Å². The van der Waals surface area contributed by atoms with Gasteiger partial charge in [0.15, 0.2) is 0 Å². The van der Waals surface area contributed by atoms with Crippen LogP contribution in [0.4, 0.5) is 17.2 Å². The molecule has 5 heterocycles. The SMILES string of the molecule is CC1(C)c2ccccc2N(c2[c-]c(Oc3[c-]c4c(cc3)c3ccc5c(c6ccccc6n5-c5ccccc5)c3n3ccnc43)ccc2)c2ncccc21.[Pt+2]. The number of aromatic nitrogens is 4. The van der Waals surface area contributed by atoms with Crippen molar-refractivity contribution in [1.29, 1.82) is 0 Å². The summed E-state index contributed by atoms with van der Waals surface area (Å²) in [6.07, 6.45) is 5.77. The molecule has 0 radical (unpaired) electrons. The summed E-state index contributed by atoms with van der Waals surface area (Å²) in [6.45, 7) is 4.52. The van der Waals surface area contributed by atoms with Gasteiger partial charge in [0, 0.05) is 68.7 Å². The minimum Gasteiger partial charge on any atom is -0.503 e. The Labute approximate surface area is 326 Å². The molecule has 0 atom stereocenters. The summed E-state index contributed by atoms with van der Waals surface area (Å²) in [6, 6.07) is 53.7. The molecule has 10 aromatic rings. The first-order valence-electron chi connectivity index (χ1n) is 17.8. The summed E-state index contributed by atoms with van der Waals surface area (Å²) in [5, 5.41) is 5.48. The monoisotopic (exact) mass is 876 g/mol. The second kappa shape index (κ2) is 12.2. The van der Waals surface area contributed by atoms with Gasteiger partial charge in [0.05, 0.1) is 16.7 Å². The number of anilines is 3. The van der Waals surface area contributed by atoms with Crippen molar-refractivity contribution in [3.05, 3.63) is 175 Å². The summed E-state index contributed by atoms with van der Waals surface area (Å²) in [5.41, 5.74) is 9.54. The van der Waals surface area contributed by atoms with Crippen LogP contribution < -0.4 is 9.64 Å². The normalized spacial score (nSPS) is 13.3. The van der Waals surface area contributed by atoms with Gasteiger partial charge in [-0.1, -0.05) is 103 Å². The molecule has 0 unspecified atom stereocenters. The van der Waals surface area contributed by atoms with Gasteiger partial charge in [-0.2, -0.15) is 6.07 Å². The zero-order valence-corrected chi connectivity index (χ0v) is 31.7. The van der Waals surface area contributed by atoms with Crippen LogP contribution in [0.1, 0.15) is 25.0 Å². The second-order valence-electron chi connectivity index (χ2n) is 14.1. The zero-order chi connectivity index (χ0) is 35.3. The Balaban J connectivity index is 0.00000361. The van der Waals surface area contributed by atoms with Crippen LogP contribution in [-0.2, 0) is 26.5 Å². The summed E-state index contributed by atoms with van der Waals surface area (Å²) in [7, 11) is 0. The Morgan fingerprint density at radius 1 is 0.611 bits per heavy atom. The molecule has 0 aliphatic carbocycles. The quantitative estimate of drug-likeness (QED) is 0.131. The Morgan fingerprint density at radius 3 is 2.30 bits per heavy atom. The standard InChI is InChI=1S/C47H31N5O.Pt/c1-47(2)38-17-7-9-20-41(38)52(46-39(47)18-11-25-48-46)31-14-10-15-32(28-31)53-33-21-22-34-35-23-24-42-43(44(35)50-27-26-49-45(50)37(34)29-33)36-16-6-8-19-40(36)51(42)30-12-4-3-5-13-30;/h3-27H,1-2H3;/q-2;+2. The van der Waals surface area contributed by atoms with Crippen LogP contribution in [-0.4, -0.2) is 18.9 Å². The van der Waals surface area contributed by atoms with E-state index in [9.17, 15) is 0 Å². The molecule has 0 spiro atoms. The molecule has 0 amide bonds. The number of imidazole rings is 1. The van der Waals surface area contributed by atoms with Crippen LogP contribution in [0.2, 0.25) is 0 Å². The molecule has 1 aliphatic rings. The molecule has 54 heavy (non-hydrogen) atoms. The average Bonchev–Trinajstić information content (AvgIpc) is 3.83. The Bertz CT molecular complexity index is 3040. The van der Waals surface area contributed by atoms with E-state index < -0.39 is 0 Å². The topological polar surface area (TPSA) is 47.6 Å². The number of benzene rings is 6. The zero-order valence-electron chi connectivity index (χ0n) is 29.4. The third-order valence-corrected chi connectivity index (χ3v) is 10.8. The maximum absolute atomic E-state index is 6.55. The first kappa shape index (κ1) is 32.4. The van der Waals surface area contributed by atoms with Gasteiger partial charge in [-0.15, -0.1) is 30.3 Å². The largest absolute Gasteiger partial charge is 2.00 e. The van der Waals surface area contributed by atoms with Crippen LogP contribution in [0.3, 0.4) is 0 Å². The third kappa shape index (κ3) is 4.63. The number of ether oxygens (including phenoxy) is 1. The minimum absolute atomic E-state index is 0. The molecule has 6 nitrogen and oxygen atoms in total. The maximum Gasteiger partial charge on any atom is 2.00 e. The van der Waals surface area contributed by atoms with Gasteiger partial charge in [0.25, 0.3) is 0 Å². The van der Waals surface area contributed by atoms with Crippen LogP contribution in [0.25, 0.3) is 54.8 Å². The summed E-state index contributed by atoms with van der Waals surface area (Å²) < 4.78 is 11.1. The number of hydrogen-bond acceptors (Lipinski definition) is 4. The van der Waals surface area contributed by atoms with Crippen molar-refractivity contribution in [1.82, 2.24) is 18.9 Å². The van der Waals surface area contributed by atoms with Crippen molar-refractivity contribution < 1.29 is 25.8 Å². The van der Waals surface area contributed by atoms with Crippen molar-refractivity contribution in [3.63, 3.8) is 0 Å². The number of fused-ring (bicyclic) bond motifs is 12. The van der Waals surface area contributed by atoms with Crippen LogP contribution in [0, 0.1) is 12.1 Å². The van der Waals surface area contributed by atoms with Crippen molar-refractivity contribution >= 4 is 66.3 Å². The van der Waals surface area contributed by atoms with Gasteiger partial charge in [-0.05, 0) is 47.3 Å². The Morgan fingerprint density at radius 2 is 1.39 bits per heavy atom. The van der Waals surface area contributed by atoms with E-state index in [0.717, 1.165) is 55.7 Å². The molecule has 0 fully saturated rings. The smallest absolute Gasteiger partial charge is 0.503 e.